The average molecular weight is 500 g/mol. The molecule has 1 fully saturated rings. The number of methoxy groups -OCH3 is 2. The average Bonchev–Trinajstić information content (AvgIpc) is 3.25. The maximum absolute atomic E-state index is 13.0. The van der Waals surface area contributed by atoms with Crippen LogP contribution in [0.5, 0.6) is 17.2 Å². The third-order valence-electron chi connectivity index (χ3n) is 6.72. The van der Waals surface area contributed by atoms with E-state index in [9.17, 15) is 9.59 Å². The van der Waals surface area contributed by atoms with Crippen molar-refractivity contribution in [3.63, 3.8) is 0 Å². The van der Waals surface area contributed by atoms with Gasteiger partial charge < -0.3 is 24.1 Å². The number of fused-ring (bicyclic) bond motifs is 3. The van der Waals surface area contributed by atoms with Crippen molar-refractivity contribution in [2.24, 2.45) is 0 Å². The van der Waals surface area contributed by atoms with E-state index >= 15 is 0 Å². The van der Waals surface area contributed by atoms with Crippen molar-refractivity contribution in [2.75, 3.05) is 46.9 Å². The minimum Gasteiger partial charge on any atom is -0.493 e. The number of amides is 1. The monoisotopic (exact) mass is 499 g/mol. The molecule has 35 heavy (non-hydrogen) atoms. The number of piperazine rings is 1. The van der Waals surface area contributed by atoms with Crippen molar-refractivity contribution < 1.29 is 19.0 Å². The van der Waals surface area contributed by atoms with E-state index in [1.807, 2.05) is 17.9 Å². The van der Waals surface area contributed by atoms with Gasteiger partial charge in [0.2, 0.25) is 5.56 Å². The molecule has 0 spiro atoms. The fourth-order valence-corrected chi connectivity index (χ4v) is 4.97. The first-order valence-corrected chi connectivity index (χ1v) is 11.5. The number of carbonyl (C=O) groups excluding carboxylic acids is 1. The summed E-state index contributed by atoms with van der Waals surface area (Å²) in [5.74, 6) is 2.04. The van der Waals surface area contributed by atoms with E-state index in [0.717, 1.165) is 48.3 Å². The van der Waals surface area contributed by atoms with Gasteiger partial charge in [0, 0.05) is 56.2 Å². The van der Waals surface area contributed by atoms with E-state index in [1.54, 1.807) is 38.5 Å². The Kier molecular flexibility index (Phi) is 7.23. The number of rotatable bonds is 5. The van der Waals surface area contributed by atoms with E-state index in [2.05, 4.69) is 16.0 Å². The topological polar surface area (TPSA) is 84.1 Å². The number of carbonyl (C=O) groups is 1. The Morgan fingerprint density at radius 3 is 2.51 bits per heavy atom. The zero-order chi connectivity index (χ0) is 23.8. The Balaban J connectivity index is 0.00000289. The highest BCUT2D eigenvalue weighted by atomic mass is 35.5. The lowest BCUT2D eigenvalue weighted by Gasteiger charge is -2.35. The molecule has 1 saturated heterocycles. The molecule has 1 N–H and O–H groups in total. The van der Waals surface area contributed by atoms with Crippen LogP contribution in [0.4, 0.5) is 0 Å². The van der Waals surface area contributed by atoms with E-state index in [1.165, 1.54) is 5.56 Å². The molecule has 2 aliphatic heterocycles. The number of aromatic amines is 1. The number of aromatic nitrogens is 1. The van der Waals surface area contributed by atoms with Gasteiger partial charge in [-0.05, 0) is 42.3 Å². The van der Waals surface area contributed by atoms with E-state index in [4.69, 9.17) is 14.2 Å². The molecule has 2 aromatic carbocycles. The van der Waals surface area contributed by atoms with Crippen molar-refractivity contribution in [3.05, 3.63) is 63.4 Å². The molecule has 5 rings (SSSR count). The summed E-state index contributed by atoms with van der Waals surface area (Å²) in [6.45, 7) is 5.73. The number of hydrogen-bond donors (Lipinski definition) is 1. The second-order valence-corrected chi connectivity index (χ2v) is 8.90. The molecule has 8 nitrogen and oxygen atoms in total. The largest absolute Gasteiger partial charge is 0.493 e. The summed E-state index contributed by atoms with van der Waals surface area (Å²) < 4.78 is 16.9. The van der Waals surface area contributed by atoms with E-state index < -0.39 is 0 Å². The minimum atomic E-state index is -0.106. The van der Waals surface area contributed by atoms with Crippen LogP contribution < -0.4 is 19.8 Å². The third kappa shape index (κ3) is 4.81. The summed E-state index contributed by atoms with van der Waals surface area (Å²) in [6, 6.07) is 10.8. The van der Waals surface area contributed by atoms with Gasteiger partial charge >= 0.3 is 0 Å². The molecule has 0 saturated carbocycles. The van der Waals surface area contributed by atoms with Crippen molar-refractivity contribution in [2.45, 2.75) is 19.4 Å². The lowest BCUT2D eigenvalue weighted by atomic mass is 10.0. The number of halogens is 1. The van der Waals surface area contributed by atoms with Gasteiger partial charge in [-0.25, -0.2) is 0 Å². The van der Waals surface area contributed by atoms with Gasteiger partial charge in [0.05, 0.1) is 19.7 Å². The first-order valence-electron chi connectivity index (χ1n) is 11.5. The van der Waals surface area contributed by atoms with Gasteiger partial charge in [0.15, 0.2) is 11.5 Å². The highest BCUT2D eigenvalue weighted by Gasteiger charge is 2.30. The Hall–Kier alpha value is -3.23. The van der Waals surface area contributed by atoms with Crippen molar-refractivity contribution in [1.82, 2.24) is 14.8 Å². The Labute approximate surface area is 210 Å². The van der Waals surface area contributed by atoms with Crippen LogP contribution in [0.25, 0.3) is 10.9 Å². The molecule has 1 atom stereocenters. The summed E-state index contributed by atoms with van der Waals surface area (Å²) in [7, 11) is 3.15. The van der Waals surface area contributed by atoms with Crippen LogP contribution in [0.1, 0.15) is 21.5 Å². The van der Waals surface area contributed by atoms with E-state index in [-0.39, 0.29) is 30.0 Å². The van der Waals surface area contributed by atoms with Gasteiger partial charge in [-0.3, -0.25) is 14.5 Å². The molecule has 1 unspecified atom stereocenters. The second kappa shape index (κ2) is 10.2. The van der Waals surface area contributed by atoms with Crippen LogP contribution in [-0.4, -0.2) is 73.7 Å². The Morgan fingerprint density at radius 1 is 1.06 bits per heavy atom. The van der Waals surface area contributed by atoms with Gasteiger partial charge in [-0.1, -0.05) is 6.07 Å². The minimum absolute atomic E-state index is 0. The molecule has 3 heterocycles. The number of ether oxygens (including phenoxy) is 3. The summed E-state index contributed by atoms with van der Waals surface area (Å²) in [6.07, 6.45) is 0.899. The maximum atomic E-state index is 13.0. The summed E-state index contributed by atoms with van der Waals surface area (Å²) in [5.41, 5.74) is 3.57. The molecule has 0 bridgehead atoms. The summed E-state index contributed by atoms with van der Waals surface area (Å²) in [4.78, 5) is 31.9. The SMILES string of the molecule is COc1ccc(C(=O)N2CCN(CC3Cc4cc(C)c5[nH]c(=O)ccc5c4O3)CC2)cc1OC.Cl. The molecule has 0 aliphatic carbocycles. The number of aryl methyl sites for hydroxylation is 1. The van der Waals surface area contributed by atoms with Gasteiger partial charge in [0.25, 0.3) is 5.91 Å². The normalized spacial score (nSPS) is 17.5. The summed E-state index contributed by atoms with van der Waals surface area (Å²) >= 11 is 0. The first-order chi connectivity index (χ1) is 16.5. The number of H-pyrrole nitrogens is 1. The molecule has 1 amide bonds. The van der Waals surface area contributed by atoms with Crippen molar-refractivity contribution in [1.29, 1.82) is 0 Å². The fourth-order valence-electron chi connectivity index (χ4n) is 4.97. The van der Waals surface area contributed by atoms with Crippen LogP contribution in [0.2, 0.25) is 0 Å². The highest BCUT2D eigenvalue weighted by Crippen LogP contribution is 2.37. The van der Waals surface area contributed by atoms with Gasteiger partial charge in [0.1, 0.15) is 11.9 Å². The van der Waals surface area contributed by atoms with Gasteiger partial charge in [-0.15, -0.1) is 12.4 Å². The maximum Gasteiger partial charge on any atom is 0.254 e. The van der Waals surface area contributed by atoms with Crippen LogP contribution in [0.3, 0.4) is 0 Å². The molecular weight excluding hydrogens is 470 g/mol. The predicted molar refractivity (Wildman–Crippen MR) is 137 cm³/mol. The molecule has 9 heteroatoms. The second-order valence-electron chi connectivity index (χ2n) is 8.90. The van der Waals surface area contributed by atoms with Crippen molar-refractivity contribution in [3.8, 4) is 17.2 Å². The third-order valence-corrected chi connectivity index (χ3v) is 6.72. The zero-order valence-electron chi connectivity index (χ0n) is 20.1. The quantitative estimate of drug-likeness (QED) is 0.581. The number of hydrogen-bond acceptors (Lipinski definition) is 6. The molecular formula is C26H30ClN3O5. The van der Waals surface area contributed by atoms with Crippen LogP contribution in [0.15, 0.2) is 41.2 Å². The number of nitrogens with zero attached hydrogens (tertiary/aromatic N) is 2. The number of nitrogens with one attached hydrogen (secondary N) is 1. The number of pyridine rings is 1. The zero-order valence-corrected chi connectivity index (χ0v) is 20.9. The molecule has 186 valence electrons. The van der Waals surface area contributed by atoms with Crippen molar-refractivity contribution >= 4 is 29.2 Å². The van der Waals surface area contributed by atoms with Gasteiger partial charge in [-0.2, -0.15) is 0 Å². The Bertz CT molecular complexity index is 1300. The molecule has 0 radical (unpaired) electrons. The summed E-state index contributed by atoms with van der Waals surface area (Å²) in [5, 5.41) is 0.961. The standard InChI is InChI=1S/C26H29N3O5.ClH/c1-16-12-18-13-19(34-25(18)20-5-7-23(30)27-24(16)20)15-28-8-10-29(11-9-28)26(31)17-4-6-21(32-2)22(14-17)33-3;/h4-7,12,14,19H,8-11,13,15H2,1-3H3,(H,27,30);1H. The molecule has 3 aromatic rings. The first kappa shape index (κ1) is 24.9. The lowest BCUT2D eigenvalue weighted by molar-refractivity contribution is 0.0580. The smallest absolute Gasteiger partial charge is 0.254 e. The van der Waals surface area contributed by atoms with E-state index in [0.29, 0.717) is 30.2 Å². The Morgan fingerprint density at radius 2 is 1.80 bits per heavy atom. The predicted octanol–water partition coefficient (Wildman–Crippen LogP) is 3.04. The fraction of sp³-hybridized carbons (Fsp3) is 0.385. The lowest BCUT2D eigenvalue weighted by Crippen LogP contribution is -2.50. The van der Waals surface area contributed by atoms with Crippen LogP contribution in [-0.2, 0) is 6.42 Å². The van der Waals surface area contributed by atoms with Crippen LogP contribution >= 0.6 is 12.4 Å². The molecule has 1 aromatic heterocycles. The van der Waals surface area contributed by atoms with Crippen LogP contribution in [0, 0.1) is 6.92 Å². The highest BCUT2D eigenvalue weighted by molar-refractivity contribution is 5.95. The number of benzene rings is 2. The molecule has 2 aliphatic rings.